The summed E-state index contributed by atoms with van der Waals surface area (Å²) in [5.74, 6) is 0. The van der Waals surface area contributed by atoms with Crippen molar-refractivity contribution in [3.63, 3.8) is 0 Å². The zero-order valence-corrected chi connectivity index (χ0v) is 13.2. The van der Waals surface area contributed by atoms with Crippen LogP contribution >= 0.6 is 0 Å². The fraction of sp³-hybridized carbons (Fsp3) is 0.100. The summed E-state index contributed by atoms with van der Waals surface area (Å²) in [5, 5.41) is 9.49. The van der Waals surface area contributed by atoms with E-state index in [0.29, 0.717) is 5.69 Å². The first-order valence-electron chi connectivity index (χ1n) is 7.48. The molecule has 23 heavy (non-hydrogen) atoms. The van der Waals surface area contributed by atoms with E-state index in [-0.39, 0.29) is 0 Å². The summed E-state index contributed by atoms with van der Waals surface area (Å²) in [4.78, 5) is 4.78. The fourth-order valence-corrected chi connectivity index (χ4v) is 2.45. The molecule has 0 unspecified atom stereocenters. The number of hydrogen-bond acceptors (Lipinski definition) is 2. The second-order valence-corrected chi connectivity index (χ2v) is 5.46. The lowest BCUT2D eigenvalue weighted by atomic mass is 10.2. The molecule has 3 heteroatoms. The van der Waals surface area contributed by atoms with Crippen LogP contribution in [0.3, 0.4) is 0 Å². The van der Waals surface area contributed by atoms with E-state index in [1.807, 2.05) is 78.2 Å². The Morgan fingerprint density at radius 2 is 1.57 bits per heavy atom. The van der Waals surface area contributed by atoms with Gasteiger partial charge >= 0.3 is 0 Å². The average molecular weight is 299 g/mol. The molecule has 0 saturated heterocycles. The van der Waals surface area contributed by atoms with Crippen LogP contribution in [0.4, 0.5) is 5.69 Å². The maximum atomic E-state index is 9.49. The molecule has 3 rings (SSSR count). The van der Waals surface area contributed by atoms with Gasteiger partial charge in [-0.3, -0.25) is 4.57 Å². The number of aryl methyl sites for hydroxylation is 2. The molecule has 0 spiro atoms. The van der Waals surface area contributed by atoms with Gasteiger partial charge in [-0.1, -0.05) is 42.0 Å². The highest BCUT2D eigenvalue weighted by Crippen LogP contribution is 2.14. The third-order valence-corrected chi connectivity index (χ3v) is 3.69. The minimum atomic E-state index is 0.563. The van der Waals surface area contributed by atoms with E-state index in [1.165, 1.54) is 5.56 Å². The van der Waals surface area contributed by atoms with Crippen molar-refractivity contribution in [1.82, 2.24) is 4.57 Å². The van der Waals surface area contributed by atoms with Gasteiger partial charge in [0.1, 0.15) is 17.3 Å². The second-order valence-electron chi connectivity index (χ2n) is 5.46. The fourth-order valence-electron chi connectivity index (χ4n) is 2.45. The van der Waals surface area contributed by atoms with E-state index in [9.17, 15) is 5.26 Å². The Kier molecular flexibility index (Phi) is 4.07. The Labute approximate surface area is 135 Å². The summed E-state index contributed by atoms with van der Waals surface area (Å²) < 4.78 is 1.90. The zero-order chi connectivity index (χ0) is 16.2. The molecule has 0 saturated carbocycles. The number of pyridine rings is 1. The third-order valence-electron chi connectivity index (χ3n) is 3.69. The van der Waals surface area contributed by atoms with Crippen molar-refractivity contribution < 1.29 is 0 Å². The van der Waals surface area contributed by atoms with Crippen LogP contribution in [-0.4, -0.2) is 4.57 Å². The summed E-state index contributed by atoms with van der Waals surface area (Å²) in [6, 6.07) is 23.9. The Hall–Kier alpha value is -3.12. The van der Waals surface area contributed by atoms with Crippen molar-refractivity contribution in [2.45, 2.75) is 13.8 Å². The maximum absolute atomic E-state index is 9.49. The molecule has 0 N–H and O–H groups in total. The van der Waals surface area contributed by atoms with Crippen LogP contribution in [0.1, 0.15) is 16.8 Å². The quantitative estimate of drug-likeness (QED) is 0.699. The van der Waals surface area contributed by atoms with Crippen LogP contribution < -0.4 is 5.49 Å². The molecule has 0 aliphatic rings. The number of nitrogens with zero attached hydrogens (tertiary/aromatic N) is 3. The van der Waals surface area contributed by atoms with Gasteiger partial charge in [0.25, 0.3) is 0 Å². The van der Waals surface area contributed by atoms with E-state index in [2.05, 4.69) is 13.0 Å². The van der Waals surface area contributed by atoms with Crippen LogP contribution in [0.15, 0.2) is 71.7 Å². The molecule has 3 aromatic rings. The molecule has 0 aliphatic heterocycles. The first kappa shape index (κ1) is 14.8. The van der Waals surface area contributed by atoms with Gasteiger partial charge in [-0.15, -0.1) is 0 Å². The number of benzene rings is 2. The van der Waals surface area contributed by atoms with Crippen molar-refractivity contribution in [2.75, 3.05) is 0 Å². The molecule has 0 atom stereocenters. The van der Waals surface area contributed by atoms with Crippen LogP contribution in [0.25, 0.3) is 5.69 Å². The number of hydrogen-bond donors (Lipinski definition) is 0. The summed E-state index contributed by atoms with van der Waals surface area (Å²) in [6.07, 6.45) is 0. The molecular weight excluding hydrogens is 282 g/mol. The third kappa shape index (κ3) is 3.07. The van der Waals surface area contributed by atoms with Gasteiger partial charge in [-0.2, -0.15) is 5.26 Å². The van der Waals surface area contributed by atoms with Crippen molar-refractivity contribution >= 4 is 5.69 Å². The van der Waals surface area contributed by atoms with E-state index in [4.69, 9.17) is 4.99 Å². The molecule has 2 aromatic carbocycles. The molecule has 1 aromatic heterocycles. The van der Waals surface area contributed by atoms with Gasteiger partial charge in [0, 0.05) is 5.69 Å². The average Bonchev–Trinajstić information content (AvgIpc) is 2.59. The topological polar surface area (TPSA) is 41.1 Å². The lowest BCUT2D eigenvalue weighted by Gasteiger charge is -2.12. The van der Waals surface area contributed by atoms with Crippen molar-refractivity contribution in [2.24, 2.45) is 4.99 Å². The molecule has 0 aliphatic carbocycles. The summed E-state index contributed by atoms with van der Waals surface area (Å²) in [6.45, 7) is 4.06. The molecule has 112 valence electrons. The summed E-state index contributed by atoms with van der Waals surface area (Å²) in [7, 11) is 0. The monoisotopic (exact) mass is 299 g/mol. The van der Waals surface area contributed by atoms with Crippen LogP contribution in [0, 0.1) is 25.2 Å². The number of rotatable bonds is 2. The van der Waals surface area contributed by atoms with Gasteiger partial charge in [-0.25, -0.2) is 4.99 Å². The lowest BCUT2D eigenvalue weighted by Crippen LogP contribution is -2.24. The Bertz CT molecular complexity index is 927. The highest BCUT2D eigenvalue weighted by atomic mass is 15.0. The first-order chi connectivity index (χ1) is 11.2. The van der Waals surface area contributed by atoms with E-state index in [0.717, 1.165) is 22.4 Å². The van der Waals surface area contributed by atoms with Crippen molar-refractivity contribution in [3.05, 3.63) is 89.0 Å². The largest absolute Gasteiger partial charge is 0.285 e. The Morgan fingerprint density at radius 3 is 2.22 bits per heavy atom. The summed E-state index contributed by atoms with van der Waals surface area (Å²) >= 11 is 0. The van der Waals surface area contributed by atoms with Gasteiger partial charge in [0.05, 0.1) is 5.69 Å². The predicted molar refractivity (Wildman–Crippen MR) is 91.6 cm³/mol. The molecule has 0 radical (unpaired) electrons. The molecular formula is C20H17N3. The van der Waals surface area contributed by atoms with Gasteiger partial charge in [0.15, 0.2) is 0 Å². The highest BCUT2D eigenvalue weighted by molar-refractivity contribution is 5.42. The SMILES string of the molecule is Cc1ccc(N=c2c(C)ccc(C#N)n2-c2ccccc2)cc1. The maximum Gasteiger partial charge on any atom is 0.141 e. The molecule has 1 heterocycles. The summed E-state index contributed by atoms with van der Waals surface area (Å²) in [5.41, 5.74) is 5.36. The van der Waals surface area contributed by atoms with E-state index in [1.54, 1.807) is 0 Å². The van der Waals surface area contributed by atoms with Gasteiger partial charge < -0.3 is 0 Å². The molecule has 0 bridgehead atoms. The van der Waals surface area contributed by atoms with Crippen molar-refractivity contribution in [1.29, 1.82) is 5.26 Å². The standard InChI is InChI=1S/C20H17N3/c1-15-8-11-17(12-9-15)22-20-16(2)10-13-19(14-21)23(20)18-6-4-3-5-7-18/h3-13H,1-2H3. The van der Waals surface area contributed by atoms with E-state index >= 15 is 0 Å². The van der Waals surface area contributed by atoms with Crippen LogP contribution in [0.5, 0.6) is 0 Å². The molecule has 3 nitrogen and oxygen atoms in total. The molecule has 0 amide bonds. The Morgan fingerprint density at radius 1 is 0.870 bits per heavy atom. The van der Waals surface area contributed by atoms with Gasteiger partial charge in [0.2, 0.25) is 0 Å². The minimum absolute atomic E-state index is 0.563. The predicted octanol–water partition coefficient (Wildman–Crippen LogP) is 4.20. The smallest absolute Gasteiger partial charge is 0.141 e. The first-order valence-corrected chi connectivity index (χ1v) is 7.48. The Balaban J connectivity index is 2.32. The lowest BCUT2D eigenvalue weighted by molar-refractivity contribution is 0.913. The highest BCUT2D eigenvalue weighted by Gasteiger charge is 2.07. The van der Waals surface area contributed by atoms with Gasteiger partial charge in [-0.05, 0) is 49.7 Å². The second kappa shape index (κ2) is 6.33. The zero-order valence-electron chi connectivity index (χ0n) is 13.2. The molecule has 0 fully saturated rings. The number of nitriles is 1. The van der Waals surface area contributed by atoms with Crippen LogP contribution in [-0.2, 0) is 0 Å². The number of aromatic nitrogens is 1. The van der Waals surface area contributed by atoms with E-state index < -0.39 is 0 Å². The van der Waals surface area contributed by atoms with Crippen LogP contribution in [0.2, 0.25) is 0 Å². The minimum Gasteiger partial charge on any atom is -0.285 e. The normalized spacial score (nSPS) is 11.3. The number of para-hydroxylation sites is 1. The van der Waals surface area contributed by atoms with Crippen molar-refractivity contribution in [3.8, 4) is 11.8 Å².